The summed E-state index contributed by atoms with van der Waals surface area (Å²) in [4.78, 5) is 28.3. The van der Waals surface area contributed by atoms with Crippen LogP contribution < -0.4 is 0 Å². The van der Waals surface area contributed by atoms with Crippen LogP contribution in [0.15, 0.2) is 52.7 Å². The van der Waals surface area contributed by atoms with E-state index < -0.39 is 5.97 Å². The Balaban J connectivity index is 2.19. The molecular weight excluding hydrogens is 254 g/mol. The highest BCUT2D eigenvalue weighted by molar-refractivity contribution is 6.21. The lowest BCUT2D eigenvalue weighted by molar-refractivity contribution is -0.111. The summed E-state index contributed by atoms with van der Waals surface area (Å²) < 4.78 is 0. The third-order valence-electron chi connectivity index (χ3n) is 3.30. The summed E-state index contributed by atoms with van der Waals surface area (Å²) in [5.41, 5.74) is 3.12. The highest BCUT2D eigenvalue weighted by Gasteiger charge is 2.16. The maximum Gasteiger partial charge on any atom is 0.366 e. The smallest absolute Gasteiger partial charge is 0.312 e. The Bertz CT molecular complexity index is 666. The normalized spacial score (nSPS) is 16.8. The van der Waals surface area contributed by atoms with E-state index in [1.165, 1.54) is 6.08 Å². The molecule has 0 unspecified atom stereocenters. The predicted octanol–water partition coefficient (Wildman–Crippen LogP) is 2.98. The number of ketones is 1. The minimum Gasteiger partial charge on any atom is -0.312 e. The molecule has 0 fully saturated rings. The van der Waals surface area contributed by atoms with Crippen LogP contribution in [0, 0.1) is 6.92 Å². The van der Waals surface area contributed by atoms with Gasteiger partial charge < -0.3 is 4.84 Å². The molecule has 0 aromatic heterocycles. The van der Waals surface area contributed by atoms with Gasteiger partial charge in [-0.3, -0.25) is 4.79 Å². The molecule has 20 heavy (non-hydrogen) atoms. The molecule has 0 aliphatic heterocycles. The van der Waals surface area contributed by atoms with Gasteiger partial charge in [-0.25, -0.2) is 4.79 Å². The molecule has 0 atom stereocenters. The summed E-state index contributed by atoms with van der Waals surface area (Å²) in [6, 6.07) is 7.14. The van der Waals surface area contributed by atoms with Gasteiger partial charge in [-0.1, -0.05) is 23.4 Å². The lowest BCUT2D eigenvalue weighted by atomic mass is 9.97. The van der Waals surface area contributed by atoms with Crippen molar-refractivity contribution in [1.82, 2.24) is 0 Å². The Morgan fingerprint density at radius 3 is 2.45 bits per heavy atom. The molecule has 1 aliphatic rings. The average molecular weight is 269 g/mol. The standard InChI is InChI=1S/C16H15NO3/c1-10-6-4-5-7-13(10)16(19)20-17-14-8-9-15(18)12(3)11(14)2/h4-9H,1-3H3. The van der Waals surface area contributed by atoms with E-state index >= 15 is 0 Å². The van der Waals surface area contributed by atoms with Gasteiger partial charge in [-0.05, 0) is 50.1 Å². The summed E-state index contributed by atoms with van der Waals surface area (Å²) in [5.74, 6) is -0.557. The second kappa shape index (κ2) is 5.65. The van der Waals surface area contributed by atoms with Gasteiger partial charge in [0.1, 0.15) is 5.71 Å². The van der Waals surface area contributed by atoms with Gasteiger partial charge in [0.15, 0.2) is 5.78 Å². The number of rotatable bonds is 2. The van der Waals surface area contributed by atoms with Crippen molar-refractivity contribution in [1.29, 1.82) is 0 Å². The first-order valence-corrected chi connectivity index (χ1v) is 6.26. The molecule has 1 aromatic rings. The molecule has 0 saturated carbocycles. The zero-order valence-electron chi connectivity index (χ0n) is 11.6. The average Bonchev–Trinajstić information content (AvgIpc) is 2.44. The zero-order valence-corrected chi connectivity index (χ0v) is 11.6. The molecule has 0 N–H and O–H groups in total. The minimum absolute atomic E-state index is 0.0494. The summed E-state index contributed by atoms with van der Waals surface area (Å²) in [6.45, 7) is 5.33. The third kappa shape index (κ3) is 2.74. The second-order valence-corrected chi connectivity index (χ2v) is 4.62. The summed E-state index contributed by atoms with van der Waals surface area (Å²) >= 11 is 0. The summed E-state index contributed by atoms with van der Waals surface area (Å²) in [5, 5.41) is 3.84. The van der Waals surface area contributed by atoms with Crippen molar-refractivity contribution in [2.75, 3.05) is 0 Å². The lowest BCUT2D eigenvalue weighted by Crippen LogP contribution is -2.12. The van der Waals surface area contributed by atoms with Crippen LogP contribution in [0.2, 0.25) is 0 Å². The van der Waals surface area contributed by atoms with Gasteiger partial charge in [0.05, 0.1) is 5.56 Å². The number of oxime groups is 1. The van der Waals surface area contributed by atoms with Crippen LogP contribution in [-0.4, -0.2) is 17.5 Å². The van der Waals surface area contributed by atoms with Crippen LogP contribution in [0.3, 0.4) is 0 Å². The van der Waals surface area contributed by atoms with Crippen molar-refractivity contribution < 1.29 is 14.4 Å². The maximum atomic E-state index is 11.9. The van der Waals surface area contributed by atoms with E-state index in [0.29, 0.717) is 16.8 Å². The fourth-order valence-corrected chi connectivity index (χ4v) is 1.82. The molecular formula is C16H15NO3. The van der Waals surface area contributed by atoms with Gasteiger partial charge in [0.2, 0.25) is 0 Å². The Hall–Kier alpha value is -2.49. The van der Waals surface area contributed by atoms with Crippen molar-refractivity contribution in [3.63, 3.8) is 0 Å². The molecule has 1 aliphatic carbocycles. The van der Waals surface area contributed by atoms with Crippen LogP contribution in [0.4, 0.5) is 0 Å². The Kier molecular flexibility index (Phi) is 3.94. The van der Waals surface area contributed by atoms with Gasteiger partial charge in [-0.2, -0.15) is 0 Å². The van der Waals surface area contributed by atoms with E-state index in [4.69, 9.17) is 4.84 Å². The van der Waals surface area contributed by atoms with E-state index in [0.717, 1.165) is 11.1 Å². The van der Waals surface area contributed by atoms with Gasteiger partial charge in [-0.15, -0.1) is 0 Å². The van der Waals surface area contributed by atoms with Crippen molar-refractivity contribution >= 4 is 17.5 Å². The van der Waals surface area contributed by atoms with E-state index in [9.17, 15) is 9.59 Å². The highest BCUT2D eigenvalue weighted by atomic mass is 16.7. The van der Waals surface area contributed by atoms with Crippen LogP contribution in [0.25, 0.3) is 0 Å². The number of allylic oxidation sites excluding steroid dienone is 4. The number of nitrogens with zero attached hydrogens (tertiary/aromatic N) is 1. The van der Waals surface area contributed by atoms with E-state index in [1.807, 2.05) is 19.1 Å². The number of carbonyl (C=O) groups excluding carboxylic acids is 2. The van der Waals surface area contributed by atoms with Gasteiger partial charge in [0.25, 0.3) is 0 Å². The molecule has 0 amide bonds. The van der Waals surface area contributed by atoms with Crippen molar-refractivity contribution in [3.05, 3.63) is 58.7 Å². The molecule has 0 spiro atoms. The molecule has 0 radical (unpaired) electrons. The quantitative estimate of drug-likeness (QED) is 0.471. The van der Waals surface area contributed by atoms with E-state index in [2.05, 4.69) is 5.16 Å². The first-order chi connectivity index (χ1) is 9.50. The Labute approximate surface area is 117 Å². The van der Waals surface area contributed by atoms with Crippen molar-refractivity contribution in [3.8, 4) is 0 Å². The molecule has 0 saturated heterocycles. The molecule has 1 aromatic carbocycles. The summed E-state index contributed by atoms with van der Waals surface area (Å²) in [6.07, 6.45) is 2.97. The molecule has 0 bridgehead atoms. The maximum absolute atomic E-state index is 11.9. The van der Waals surface area contributed by atoms with E-state index in [1.54, 1.807) is 32.1 Å². The van der Waals surface area contributed by atoms with Crippen LogP contribution in [-0.2, 0) is 9.63 Å². The number of carbonyl (C=O) groups is 2. The third-order valence-corrected chi connectivity index (χ3v) is 3.30. The molecule has 2 rings (SSSR count). The predicted molar refractivity (Wildman–Crippen MR) is 76.6 cm³/mol. The van der Waals surface area contributed by atoms with Crippen LogP contribution >= 0.6 is 0 Å². The lowest BCUT2D eigenvalue weighted by Gasteiger charge is -2.10. The summed E-state index contributed by atoms with van der Waals surface area (Å²) in [7, 11) is 0. The first kappa shape index (κ1) is 13.9. The van der Waals surface area contributed by atoms with Crippen LogP contribution in [0.1, 0.15) is 29.8 Å². The van der Waals surface area contributed by atoms with Gasteiger partial charge in [0, 0.05) is 5.57 Å². The second-order valence-electron chi connectivity index (χ2n) is 4.62. The Morgan fingerprint density at radius 1 is 1.05 bits per heavy atom. The Morgan fingerprint density at radius 2 is 1.75 bits per heavy atom. The molecule has 4 nitrogen and oxygen atoms in total. The minimum atomic E-state index is -0.508. The molecule has 4 heteroatoms. The monoisotopic (exact) mass is 269 g/mol. The number of aryl methyl sites for hydroxylation is 1. The fraction of sp³-hybridized carbons (Fsp3) is 0.188. The zero-order chi connectivity index (χ0) is 14.7. The fourth-order valence-electron chi connectivity index (χ4n) is 1.82. The molecule has 0 heterocycles. The number of hydrogen-bond donors (Lipinski definition) is 0. The molecule has 102 valence electrons. The number of benzene rings is 1. The first-order valence-electron chi connectivity index (χ1n) is 6.26. The number of hydrogen-bond acceptors (Lipinski definition) is 4. The SMILES string of the molecule is CC1=C(C)C(=NOC(=O)c2ccccc2C)C=CC1=O. The van der Waals surface area contributed by atoms with E-state index in [-0.39, 0.29) is 5.78 Å². The largest absolute Gasteiger partial charge is 0.366 e. The van der Waals surface area contributed by atoms with Gasteiger partial charge >= 0.3 is 5.97 Å². The van der Waals surface area contributed by atoms with Crippen LogP contribution in [0.5, 0.6) is 0 Å². The van der Waals surface area contributed by atoms with Crippen molar-refractivity contribution in [2.45, 2.75) is 20.8 Å². The topological polar surface area (TPSA) is 55.7 Å². The highest BCUT2D eigenvalue weighted by Crippen LogP contribution is 2.15. The van der Waals surface area contributed by atoms with Crippen molar-refractivity contribution in [2.24, 2.45) is 5.16 Å².